The summed E-state index contributed by atoms with van der Waals surface area (Å²) < 4.78 is 37.7. The Labute approximate surface area is 114 Å². The maximum atomic E-state index is 12.6. The van der Waals surface area contributed by atoms with Gasteiger partial charge in [-0.2, -0.15) is 13.2 Å². The number of rotatable bonds is 3. The Hall–Kier alpha value is -1.34. The van der Waals surface area contributed by atoms with Crippen LogP contribution >= 0.6 is 12.2 Å². The minimum Gasteiger partial charge on any atom is -0.387 e. The van der Waals surface area contributed by atoms with Crippen molar-refractivity contribution in [2.24, 2.45) is 0 Å². The lowest BCUT2D eigenvalue weighted by molar-refractivity contribution is -0.137. The monoisotopic (exact) mass is 290 g/mol. The number of halogens is 3. The van der Waals surface area contributed by atoms with Gasteiger partial charge in [0.25, 0.3) is 0 Å². The molecule has 1 aliphatic rings. The molecule has 1 aliphatic heterocycles. The van der Waals surface area contributed by atoms with Gasteiger partial charge in [0.2, 0.25) is 0 Å². The van der Waals surface area contributed by atoms with Crippen LogP contribution in [0.1, 0.15) is 17.2 Å². The smallest absolute Gasteiger partial charge is 0.387 e. The number of nitrogens with zero attached hydrogens (tertiary/aromatic N) is 1. The standard InChI is InChI=1S/C12H13F3N2OS/c13-12(14,15)9-3-1-2-8(6-9)10(18)7-17-5-4-16-11(17)19/h1-3,6,10,18H,4-5,7H2,(H,16,19). The zero-order valence-electron chi connectivity index (χ0n) is 9.94. The average molecular weight is 290 g/mol. The Morgan fingerprint density at radius 2 is 2.16 bits per heavy atom. The van der Waals surface area contributed by atoms with E-state index >= 15 is 0 Å². The lowest BCUT2D eigenvalue weighted by Gasteiger charge is -2.21. The van der Waals surface area contributed by atoms with Gasteiger partial charge in [-0.1, -0.05) is 12.1 Å². The molecular formula is C12H13F3N2OS. The number of aliphatic hydroxyl groups is 1. The Morgan fingerprint density at radius 1 is 1.42 bits per heavy atom. The van der Waals surface area contributed by atoms with Gasteiger partial charge in [-0.3, -0.25) is 0 Å². The summed E-state index contributed by atoms with van der Waals surface area (Å²) in [6.07, 6.45) is -5.40. The molecule has 0 saturated carbocycles. The van der Waals surface area contributed by atoms with Gasteiger partial charge in [-0.15, -0.1) is 0 Å². The average Bonchev–Trinajstić information content (AvgIpc) is 2.74. The van der Waals surface area contributed by atoms with Crippen LogP contribution in [0.15, 0.2) is 24.3 Å². The number of hydrogen-bond donors (Lipinski definition) is 2. The van der Waals surface area contributed by atoms with E-state index in [0.29, 0.717) is 18.2 Å². The highest BCUT2D eigenvalue weighted by atomic mass is 32.1. The van der Waals surface area contributed by atoms with Crippen LogP contribution < -0.4 is 5.32 Å². The molecule has 3 nitrogen and oxygen atoms in total. The number of aliphatic hydroxyl groups excluding tert-OH is 1. The van der Waals surface area contributed by atoms with Gasteiger partial charge in [0.15, 0.2) is 5.11 Å². The first-order chi connectivity index (χ1) is 8.88. The highest BCUT2D eigenvalue weighted by Gasteiger charge is 2.31. The first-order valence-corrected chi connectivity index (χ1v) is 6.17. The number of alkyl halides is 3. The summed E-state index contributed by atoms with van der Waals surface area (Å²) in [6.45, 7) is 1.52. The highest BCUT2D eigenvalue weighted by Crippen LogP contribution is 2.30. The van der Waals surface area contributed by atoms with Gasteiger partial charge in [-0.05, 0) is 29.9 Å². The minimum absolute atomic E-state index is 0.188. The van der Waals surface area contributed by atoms with E-state index in [1.807, 2.05) is 0 Å². The van der Waals surface area contributed by atoms with Crippen LogP contribution in [0.3, 0.4) is 0 Å². The van der Waals surface area contributed by atoms with Crippen molar-refractivity contribution < 1.29 is 18.3 Å². The molecule has 0 aliphatic carbocycles. The number of hydrogen-bond acceptors (Lipinski definition) is 2. The van der Waals surface area contributed by atoms with Crippen molar-refractivity contribution in [3.63, 3.8) is 0 Å². The van der Waals surface area contributed by atoms with E-state index in [-0.39, 0.29) is 12.1 Å². The summed E-state index contributed by atoms with van der Waals surface area (Å²) in [7, 11) is 0. The molecule has 1 aromatic carbocycles. The van der Waals surface area contributed by atoms with Crippen molar-refractivity contribution in [2.45, 2.75) is 12.3 Å². The molecule has 1 saturated heterocycles. The van der Waals surface area contributed by atoms with Gasteiger partial charge in [0, 0.05) is 13.1 Å². The molecule has 1 aromatic rings. The van der Waals surface area contributed by atoms with Crippen molar-refractivity contribution >= 4 is 17.3 Å². The first-order valence-electron chi connectivity index (χ1n) is 5.76. The van der Waals surface area contributed by atoms with Gasteiger partial charge in [0.1, 0.15) is 0 Å². The maximum absolute atomic E-state index is 12.6. The number of β-amino-alcohol motifs (C(OH)–C–C–N with tert-alkyl or cyclic N) is 1. The Balaban J connectivity index is 2.10. The second kappa shape index (κ2) is 5.34. The Bertz CT molecular complexity index is 478. The largest absolute Gasteiger partial charge is 0.416 e. The highest BCUT2D eigenvalue weighted by molar-refractivity contribution is 7.80. The van der Waals surface area contributed by atoms with Crippen LogP contribution in [0.4, 0.5) is 13.2 Å². The predicted octanol–water partition coefficient (Wildman–Crippen LogP) is 1.93. The molecule has 0 bridgehead atoms. The lowest BCUT2D eigenvalue weighted by atomic mass is 10.1. The molecule has 7 heteroatoms. The SMILES string of the molecule is OC(CN1CCNC1=S)c1cccc(C(F)(F)F)c1. The van der Waals surface area contributed by atoms with Crippen molar-refractivity contribution in [2.75, 3.05) is 19.6 Å². The number of nitrogens with one attached hydrogen (secondary N) is 1. The third kappa shape index (κ3) is 3.36. The fourth-order valence-corrected chi connectivity index (χ4v) is 2.19. The molecule has 0 spiro atoms. The molecule has 0 aromatic heterocycles. The fraction of sp³-hybridized carbons (Fsp3) is 0.417. The van der Waals surface area contributed by atoms with Crippen LogP contribution in [-0.2, 0) is 6.18 Å². The number of thiocarbonyl (C=S) groups is 1. The molecule has 1 heterocycles. The van der Waals surface area contributed by atoms with E-state index in [1.165, 1.54) is 12.1 Å². The molecule has 0 amide bonds. The molecule has 0 radical (unpaired) electrons. The Kier molecular flexibility index (Phi) is 3.96. The summed E-state index contributed by atoms with van der Waals surface area (Å²) >= 11 is 5.02. The van der Waals surface area contributed by atoms with Crippen LogP contribution in [0.2, 0.25) is 0 Å². The minimum atomic E-state index is -4.40. The van der Waals surface area contributed by atoms with Crippen LogP contribution in [0, 0.1) is 0 Å². The summed E-state index contributed by atoms with van der Waals surface area (Å²) in [5, 5.41) is 13.4. The van der Waals surface area contributed by atoms with E-state index in [9.17, 15) is 18.3 Å². The third-order valence-corrected chi connectivity index (χ3v) is 3.34. The van der Waals surface area contributed by atoms with Crippen molar-refractivity contribution in [3.05, 3.63) is 35.4 Å². The van der Waals surface area contributed by atoms with Gasteiger partial charge < -0.3 is 15.3 Å². The molecule has 104 valence electrons. The second-order valence-corrected chi connectivity index (χ2v) is 4.70. The quantitative estimate of drug-likeness (QED) is 0.834. The fourth-order valence-electron chi connectivity index (χ4n) is 1.92. The van der Waals surface area contributed by atoms with Crippen molar-refractivity contribution in [1.82, 2.24) is 10.2 Å². The molecule has 1 atom stereocenters. The van der Waals surface area contributed by atoms with E-state index in [2.05, 4.69) is 5.32 Å². The van der Waals surface area contributed by atoms with Gasteiger partial charge >= 0.3 is 6.18 Å². The molecule has 2 N–H and O–H groups in total. The molecule has 2 rings (SSSR count). The third-order valence-electron chi connectivity index (χ3n) is 2.94. The van der Waals surface area contributed by atoms with E-state index in [1.54, 1.807) is 4.90 Å². The van der Waals surface area contributed by atoms with E-state index in [0.717, 1.165) is 12.1 Å². The normalized spacial score (nSPS) is 17.5. The predicted molar refractivity (Wildman–Crippen MR) is 68.6 cm³/mol. The first kappa shape index (κ1) is 14.1. The van der Waals surface area contributed by atoms with Crippen molar-refractivity contribution in [1.29, 1.82) is 0 Å². The molecule has 1 unspecified atom stereocenters. The zero-order valence-corrected chi connectivity index (χ0v) is 10.8. The lowest BCUT2D eigenvalue weighted by Crippen LogP contribution is -2.31. The maximum Gasteiger partial charge on any atom is 0.416 e. The van der Waals surface area contributed by atoms with Crippen molar-refractivity contribution in [3.8, 4) is 0 Å². The summed E-state index contributed by atoms with van der Waals surface area (Å²) in [5.74, 6) is 0. The van der Waals surface area contributed by atoms with Crippen LogP contribution in [-0.4, -0.2) is 34.8 Å². The molecular weight excluding hydrogens is 277 g/mol. The second-order valence-electron chi connectivity index (χ2n) is 4.32. The van der Waals surface area contributed by atoms with E-state index in [4.69, 9.17) is 12.2 Å². The van der Waals surface area contributed by atoms with Crippen LogP contribution in [0.25, 0.3) is 0 Å². The summed E-state index contributed by atoms with van der Waals surface area (Å²) in [6, 6.07) is 4.73. The zero-order chi connectivity index (χ0) is 14.0. The molecule has 1 fully saturated rings. The Morgan fingerprint density at radius 3 is 2.74 bits per heavy atom. The molecule has 19 heavy (non-hydrogen) atoms. The number of benzene rings is 1. The van der Waals surface area contributed by atoms with Crippen LogP contribution in [0.5, 0.6) is 0 Å². The van der Waals surface area contributed by atoms with Gasteiger partial charge in [0.05, 0.1) is 18.2 Å². The summed E-state index contributed by atoms with van der Waals surface area (Å²) in [5.41, 5.74) is -0.518. The topological polar surface area (TPSA) is 35.5 Å². The van der Waals surface area contributed by atoms with Gasteiger partial charge in [-0.25, -0.2) is 0 Å². The van der Waals surface area contributed by atoms with E-state index < -0.39 is 17.8 Å². The summed E-state index contributed by atoms with van der Waals surface area (Å²) in [4.78, 5) is 1.74.